The van der Waals surface area contributed by atoms with Crippen LogP contribution in [0.15, 0.2) is 16.7 Å². The van der Waals surface area contributed by atoms with E-state index in [1.54, 1.807) is 7.05 Å². The van der Waals surface area contributed by atoms with Gasteiger partial charge in [-0.25, -0.2) is 13.2 Å². The second kappa shape index (κ2) is 4.54. The highest BCUT2D eigenvalue weighted by atomic mass is 19.2. The van der Waals surface area contributed by atoms with Crippen LogP contribution in [0.4, 0.5) is 13.2 Å². The maximum absolute atomic E-state index is 13.0. The van der Waals surface area contributed by atoms with Crippen LogP contribution < -0.4 is 5.32 Å². The van der Waals surface area contributed by atoms with E-state index in [1.807, 2.05) is 0 Å². The molecule has 1 N–H and O–H groups in total. The Bertz CT molecular complexity index is 518. The number of nitrogens with zero attached hydrogens (tertiary/aromatic N) is 2. The van der Waals surface area contributed by atoms with Gasteiger partial charge in [-0.15, -0.1) is 0 Å². The second-order valence-electron chi connectivity index (χ2n) is 3.30. The Hall–Kier alpha value is -1.89. The lowest BCUT2D eigenvalue weighted by Gasteiger charge is -1.97. The lowest BCUT2D eigenvalue weighted by molar-refractivity contribution is 0.417. The Labute approximate surface area is 94.4 Å². The molecular formula is C10H8F3N3O. The first kappa shape index (κ1) is 11.6. The summed E-state index contributed by atoms with van der Waals surface area (Å²) in [5, 5.41) is 6.36. The minimum Gasteiger partial charge on any atom is -0.334 e. The number of rotatable bonds is 3. The van der Waals surface area contributed by atoms with Gasteiger partial charge in [0.15, 0.2) is 23.3 Å². The third-order valence-corrected chi connectivity index (χ3v) is 2.03. The molecule has 2 rings (SSSR count). The molecule has 0 aliphatic heterocycles. The van der Waals surface area contributed by atoms with Crippen molar-refractivity contribution in [3.63, 3.8) is 0 Å². The van der Waals surface area contributed by atoms with Gasteiger partial charge < -0.3 is 9.84 Å². The van der Waals surface area contributed by atoms with Gasteiger partial charge in [-0.1, -0.05) is 5.16 Å². The van der Waals surface area contributed by atoms with Crippen LogP contribution in [0.2, 0.25) is 0 Å². The van der Waals surface area contributed by atoms with Crippen LogP contribution in [-0.4, -0.2) is 17.2 Å². The van der Waals surface area contributed by atoms with E-state index in [1.165, 1.54) is 0 Å². The fourth-order valence-electron chi connectivity index (χ4n) is 1.28. The summed E-state index contributed by atoms with van der Waals surface area (Å²) in [4.78, 5) is 3.89. The molecule has 0 amide bonds. The topological polar surface area (TPSA) is 51.0 Å². The van der Waals surface area contributed by atoms with Crippen LogP contribution in [0.1, 0.15) is 5.82 Å². The molecule has 0 saturated heterocycles. The zero-order chi connectivity index (χ0) is 12.4. The first-order valence-electron chi connectivity index (χ1n) is 4.74. The van der Waals surface area contributed by atoms with Crippen molar-refractivity contribution < 1.29 is 17.7 Å². The van der Waals surface area contributed by atoms with E-state index in [0.717, 1.165) is 12.1 Å². The summed E-state index contributed by atoms with van der Waals surface area (Å²) in [5.74, 6) is -3.84. The maximum atomic E-state index is 13.0. The molecule has 1 aromatic heterocycles. The molecule has 0 saturated carbocycles. The molecule has 2 aromatic rings. The van der Waals surface area contributed by atoms with E-state index in [9.17, 15) is 13.2 Å². The van der Waals surface area contributed by atoms with Gasteiger partial charge in [0, 0.05) is 5.56 Å². The molecule has 0 aliphatic carbocycles. The van der Waals surface area contributed by atoms with E-state index < -0.39 is 17.5 Å². The van der Waals surface area contributed by atoms with Gasteiger partial charge >= 0.3 is 0 Å². The predicted octanol–water partition coefficient (Wildman–Crippen LogP) is 1.87. The molecule has 17 heavy (non-hydrogen) atoms. The van der Waals surface area contributed by atoms with Crippen LogP contribution in [0.3, 0.4) is 0 Å². The largest absolute Gasteiger partial charge is 0.334 e. The quantitative estimate of drug-likeness (QED) is 0.836. The van der Waals surface area contributed by atoms with Crippen molar-refractivity contribution in [3.05, 3.63) is 35.4 Å². The standard InChI is InChI=1S/C10H8F3N3O/c1-14-4-8-15-10(17-16-8)5-2-6(11)9(13)7(12)3-5/h2-3,14H,4H2,1H3. The van der Waals surface area contributed by atoms with Crippen molar-refractivity contribution in [1.82, 2.24) is 15.5 Å². The van der Waals surface area contributed by atoms with Gasteiger partial charge in [-0.2, -0.15) is 4.98 Å². The third kappa shape index (κ3) is 2.28. The van der Waals surface area contributed by atoms with Gasteiger partial charge in [-0.05, 0) is 19.2 Å². The molecule has 1 aromatic carbocycles. The first-order chi connectivity index (χ1) is 8.11. The van der Waals surface area contributed by atoms with E-state index >= 15 is 0 Å². The first-order valence-corrected chi connectivity index (χ1v) is 4.74. The van der Waals surface area contributed by atoms with Crippen molar-refractivity contribution in [2.24, 2.45) is 0 Å². The van der Waals surface area contributed by atoms with Crippen molar-refractivity contribution >= 4 is 0 Å². The molecule has 0 fully saturated rings. The Morgan fingerprint density at radius 3 is 2.47 bits per heavy atom. The van der Waals surface area contributed by atoms with Gasteiger partial charge in [0.05, 0.1) is 6.54 Å². The Balaban J connectivity index is 2.39. The SMILES string of the molecule is CNCc1noc(-c2cc(F)c(F)c(F)c2)n1. The fourth-order valence-corrected chi connectivity index (χ4v) is 1.28. The Morgan fingerprint density at radius 2 is 1.88 bits per heavy atom. The highest BCUT2D eigenvalue weighted by Gasteiger charge is 2.15. The molecule has 7 heteroatoms. The average Bonchev–Trinajstić information content (AvgIpc) is 2.74. The predicted molar refractivity (Wildman–Crippen MR) is 52.4 cm³/mol. The number of aromatic nitrogens is 2. The van der Waals surface area contributed by atoms with E-state index in [2.05, 4.69) is 15.5 Å². The van der Waals surface area contributed by atoms with Crippen molar-refractivity contribution in [1.29, 1.82) is 0 Å². The summed E-state index contributed by atoms with van der Waals surface area (Å²) >= 11 is 0. The molecular weight excluding hydrogens is 235 g/mol. The molecule has 90 valence electrons. The van der Waals surface area contributed by atoms with E-state index in [-0.39, 0.29) is 11.5 Å². The number of hydrogen-bond donors (Lipinski definition) is 1. The summed E-state index contributed by atoms with van der Waals surface area (Å²) in [6, 6.07) is 1.60. The maximum Gasteiger partial charge on any atom is 0.258 e. The fraction of sp³-hybridized carbons (Fsp3) is 0.200. The number of hydrogen-bond acceptors (Lipinski definition) is 4. The molecule has 0 unspecified atom stereocenters. The molecule has 0 aliphatic rings. The molecule has 0 atom stereocenters. The van der Waals surface area contributed by atoms with E-state index in [0.29, 0.717) is 12.4 Å². The van der Waals surface area contributed by atoms with Crippen LogP contribution in [-0.2, 0) is 6.54 Å². The number of benzene rings is 1. The van der Waals surface area contributed by atoms with Crippen LogP contribution in [0.25, 0.3) is 11.5 Å². The highest BCUT2D eigenvalue weighted by Crippen LogP contribution is 2.22. The third-order valence-electron chi connectivity index (χ3n) is 2.03. The second-order valence-corrected chi connectivity index (χ2v) is 3.30. The summed E-state index contributed by atoms with van der Waals surface area (Å²) in [6.07, 6.45) is 0. The molecule has 0 bridgehead atoms. The van der Waals surface area contributed by atoms with Gasteiger partial charge in [0.1, 0.15) is 0 Å². The van der Waals surface area contributed by atoms with Crippen LogP contribution in [0, 0.1) is 17.5 Å². The number of halogens is 3. The Kier molecular flexibility index (Phi) is 3.10. The zero-order valence-corrected chi connectivity index (χ0v) is 8.80. The van der Waals surface area contributed by atoms with Crippen molar-refractivity contribution in [3.8, 4) is 11.5 Å². The van der Waals surface area contributed by atoms with Crippen molar-refractivity contribution in [2.75, 3.05) is 7.05 Å². The molecule has 0 radical (unpaired) electrons. The molecule has 1 heterocycles. The summed E-state index contributed by atoms with van der Waals surface area (Å²) in [6.45, 7) is 0.357. The minimum absolute atomic E-state index is 0.00347. The lowest BCUT2D eigenvalue weighted by Crippen LogP contribution is -2.06. The zero-order valence-electron chi connectivity index (χ0n) is 8.80. The minimum atomic E-state index is -1.52. The molecule has 4 nitrogen and oxygen atoms in total. The van der Waals surface area contributed by atoms with Crippen LogP contribution >= 0.6 is 0 Å². The molecule has 0 spiro atoms. The lowest BCUT2D eigenvalue weighted by atomic mass is 10.2. The Morgan fingerprint density at radius 1 is 1.24 bits per heavy atom. The monoisotopic (exact) mass is 243 g/mol. The summed E-state index contributed by atoms with van der Waals surface area (Å²) < 4.78 is 43.4. The van der Waals surface area contributed by atoms with Gasteiger partial charge in [0.25, 0.3) is 5.89 Å². The summed E-state index contributed by atoms with van der Waals surface area (Å²) in [7, 11) is 1.69. The van der Waals surface area contributed by atoms with Gasteiger partial charge in [-0.3, -0.25) is 0 Å². The number of nitrogens with one attached hydrogen (secondary N) is 1. The smallest absolute Gasteiger partial charge is 0.258 e. The normalized spacial score (nSPS) is 10.8. The average molecular weight is 243 g/mol. The van der Waals surface area contributed by atoms with Crippen molar-refractivity contribution in [2.45, 2.75) is 6.54 Å². The van der Waals surface area contributed by atoms with E-state index in [4.69, 9.17) is 4.52 Å². The highest BCUT2D eigenvalue weighted by molar-refractivity contribution is 5.53. The van der Waals surface area contributed by atoms with Gasteiger partial charge in [0.2, 0.25) is 0 Å². The summed E-state index contributed by atoms with van der Waals surface area (Å²) in [5.41, 5.74) is -0.00347. The van der Waals surface area contributed by atoms with Crippen LogP contribution in [0.5, 0.6) is 0 Å².